The maximum Gasteiger partial charge on any atom is 0.261 e. The average molecular weight is 393 g/mol. The fourth-order valence-corrected chi connectivity index (χ4v) is 3.69. The van der Waals surface area contributed by atoms with Gasteiger partial charge in [0.1, 0.15) is 17.5 Å². The van der Waals surface area contributed by atoms with Crippen molar-refractivity contribution in [2.75, 3.05) is 18.4 Å². The third-order valence-electron chi connectivity index (χ3n) is 5.20. The minimum Gasteiger partial charge on any atom is -0.365 e. The van der Waals surface area contributed by atoms with Gasteiger partial charge in [-0.1, -0.05) is 12.1 Å². The summed E-state index contributed by atoms with van der Waals surface area (Å²) in [5, 5.41) is 10.8. The molecule has 1 aliphatic rings. The number of aromatic nitrogens is 4. The summed E-state index contributed by atoms with van der Waals surface area (Å²) in [6.07, 6.45) is 1.06. The Labute approximate surface area is 169 Å². The fraction of sp³-hybridized carbons (Fsp3) is 0.429. The second kappa shape index (κ2) is 7.11. The molecule has 0 bridgehead atoms. The molecule has 0 amide bonds. The van der Waals surface area contributed by atoms with Crippen LogP contribution in [0.2, 0.25) is 0 Å². The van der Waals surface area contributed by atoms with E-state index in [-0.39, 0.29) is 22.6 Å². The Bertz CT molecular complexity index is 1120. The van der Waals surface area contributed by atoms with Crippen LogP contribution in [0.3, 0.4) is 0 Å². The predicted molar refractivity (Wildman–Crippen MR) is 115 cm³/mol. The summed E-state index contributed by atoms with van der Waals surface area (Å²) in [4.78, 5) is 27.0. The van der Waals surface area contributed by atoms with E-state index in [0.717, 1.165) is 42.7 Å². The topological polar surface area (TPSA) is 103 Å². The smallest absolute Gasteiger partial charge is 0.261 e. The van der Waals surface area contributed by atoms with Crippen molar-refractivity contribution in [3.05, 3.63) is 51.8 Å². The van der Waals surface area contributed by atoms with Crippen molar-refractivity contribution in [1.82, 2.24) is 24.4 Å². The van der Waals surface area contributed by atoms with E-state index < -0.39 is 0 Å². The molecule has 1 aliphatic heterocycles. The van der Waals surface area contributed by atoms with Crippen LogP contribution in [-0.2, 0) is 13.6 Å². The molecule has 3 N–H and O–H groups in total. The van der Waals surface area contributed by atoms with Gasteiger partial charge in [-0.15, -0.1) is 0 Å². The number of nitrogens with one attached hydrogen (secondary N) is 3. The highest BCUT2D eigenvalue weighted by atomic mass is 16.1. The minimum atomic E-state index is -0.273. The van der Waals surface area contributed by atoms with E-state index >= 15 is 0 Å². The second-order valence-corrected chi connectivity index (χ2v) is 8.70. The van der Waals surface area contributed by atoms with E-state index in [1.54, 1.807) is 0 Å². The fourth-order valence-electron chi connectivity index (χ4n) is 3.69. The van der Waals surface area contributed by atoms with Crippen LogP contribution in [0.25, 0.3) is 11.0 Å². The summed E-state index contributed by atoms with van der Waals surface area (Å²) < 4.78 is 2.13. The van der Waals surface area contributed by atoms with E-state index in [9.17, 15) is 4.79 Å². The highest BCUT2D eigenvalue weighted by Crippen LogP contribution is 2.27. The van der Waals surface area contributed by atoms with Crippen molar-refractivity contribution in [2.45, 2.75) is 38.8 Å². The van der Waals surface area contributed by atoms with Crippen LogP contribution in [0.15, 0.2) is 29.1 Å². The van der Waals surface area contributed by atoms with Crippen LogP contribution < -0.4 is 10.9 Å². The van der Waals surface area contributed by atoms with Crippen molar-refractivity contribution in [3.8, 4) is 0 Å². The molecule has 2 aromatic heterocycles. The molecule has 4 rings (SSSR count). The quantitative estimate of drug-likeness (QED) is 0.578. The van der Waals surface area contributed by atoms with Crippen LogP contribution in [0.5, 0.6) is 0 Å². The monoisotopic (exact) mass is 393 g/mol. The molecule has 8 heteroatoms. The first kappa shape index (κ1) is 19.3. The van der Waals surface area contributed by atoms with E-state index in [2.05, 4.69) is 30.8 Å². The molecule has 152 valence electrons. The number of benzene rings is 1. The number of hydrogen-bond donors (Lipinski definition) is 3. The van der Waals surface area contributed by atoms with Crippen molar-refractivity contribution in [3.63, 3.8) is 0 Å². The Balaban J connectivity index is 1.50. The molecule has 1 saturated heterocycles. The highest BCUT2D eigenvalue weighted by molar-refractivity contribution is 5.83. The van der Waals surface area contributed by atoms with E-state index in [0.29, 0.717) is 11.6 Å². The first-order valence-corrected chi connectivity index (χ1v) is 9.81. The van der Waals surface area contributed by atoms with E-state index in [1.807, 2.05) is 46.0 Å². The molecule has 1 aromatic carbocycles. The molecule has 0 saturated carbocycles. The summed E-state index contributed by atoms with van der Waals surface area (Å²) >= 11 is 0. The van der Waals surface area contributed by atoms with Crippen LogP contribution in [-0.4, -0.2) is 49.3 Å². The Kier molecular flexibility index (Phi) is 4.74. The molecule has 8 nitrogen and oxygen atoms in total. The lowest BCUT2D eigenvalue weighted by atomic mass is 9.99. The zero-order valence-electron chi connectivity index (χ0n) is 17.3. The van der Waals surface area contributed by atoms with Crippen molar-refractivity contribution in [2.24, 2.45) is 7.05 Å². The number of likely N-dealkylation sites (tertiary alicyclic amines) is 1. The summed E-state index contributed by atoms with van der Waals surface area (Å²) in [5.41, 5.74) is 1.88. The van der Waals surface area contributed by atoms with E-state index in [1.165, 1.54) is 0 Å². The molecular weight excluding hydrogens is 366 g/mol. The van der Waals surface area contributed by atoms with Gasteiger partial charge in [-0.2, -0.15) is 0 Å². The lowest BCUT2D eigenvalue weighted by Crippen LogP contribution is -2.46. The van der Waals surface area contributed by atoms with Crippen molar-refractivity contribution < 1.29 is 0 Å². The summed E-state index contributed by atoms with van der Waals surface area (Å²) in [6.45, 7) is 8.40. The van der Waals surface area contributed by atoms with Gasteiger partial charge in [0.05, 0.1) is 23.1 Å². The van der Waals surface area contributed by atoms with Gasteiger partial charge in [-0.05, 0) is 32.9 Å². The Hall–Kier alpha value is -3.00. The number of hydrogen-bond acceptors (Lipinski definition) is 6. The number of fused-ring (bicyclic) bond motifs is 1. The summed E-state index contributed by atoms with van der Waals surface area (Å²) in [6, 6.07) is 8.13. The number of aromatic amines is 1. The van der Waals surface area contributed by atoms with E-state index in [4.69, 9.17) is 10.4 Å². The van der Waals surface area contributed by atoms with Gasteiger partial charge in [0.2, 0.25) is 0 Å². The van der Waals surface area contributed by atoms with Crippen LogP contribution in [0.1, 0.15) is 43.9 Å². The number of H-pyrrole nitrogens is 1. The van der Waals surface area contributed by atoms with Gasteiger partial charge < -0.3 is 20.3 Å². The van der Waals surface area contributed by atoms with Crippen molar-refractivity contribution in [1.29, 1.82) is 5.41 Å². The molecule has 0 unspecified atom stereocenters. The molecule has 3 heterocycles. The van der Waals surface area contributed by atoms with Crippen LogP contribution in [0, 0.1) is 5.41 Å². The number of nitrogens with zero attached hydrogens (tertiary/aromatic N) is 4. The van der Waals surface area contributed by atoms with Gasteiger partial charge in [0, 0.05) is 37.8 Å². The van der Waals surface area contributed by atoms with Gasteiger partial charge in [0.25, 0.3) is 5.56 Å². The molecule has 0 radical (unpaired) electrons. The van der Waals surface area contributed by atoms with Gasteiger partial charge in [-0.25, -0.2) is 9.97 Å². The molecule has 1 fully saturated rings. The molecule has 3 aromatic rings. The van der Waals surface area contributed by atoms with Crippen molar-refractivity contribution >= 4 is 23.1 Å². The maximum atomic E-state index is 12.4. The Morgan fingerprint density at radius 2 is 2.00 bits per heavy atom. The van der Waals surface area contributed by atoms with Crippen LogP contribution in [0.4, 0.5) is 5.82 Å². The summed E-state index contributed by atoms with van der Waals surface area (Å²) in [5.74, 6) is 2.34. The molecule has 0 spiro atoms. The molecule has 29 heavy (non-hydrogen) atoms. The minimum absolute atomic E-state index is 0.165. The number of anilines is 1. The van der Waals surface area contributed by atoms with Gasteiger partial charge in [0.15, 0.2) is 0 Å². The number of aryl methyl sites for hydroxylation is 1. The first-order valence-electron chi connectivity index (χ1n) is 9.81. The zero-order chi connectivity index (χ0) is 20.8. The standard InChI is InChI=1S/C21H27N7O/c1-21(2,3)26-19-14(9-22)20(29)25-18(24-19)13-10-28(11-13)12-17-23-15-7-5-6-8-16(15)27(17)4/h5-9,13,22H,10-12H2,1-4H3,(H2,24,25,26,29). The first-order chi connectivity index (χ1) is 13.7. The number of para-hydroxylation sites is 2. The maximum absolute atomic E-state index is 12.4. The third kappa shape index (κ3) is 3.80. The lowest BCUT2D eigenvalue weighted by Gasteiger charge is -2.38. The molecule has 0 atom stereocenters. The SMILES string of the molecule is Cn1c(CN2CC(c3nc(NC(C)(C)C)c(C=N)c(=O)[nH]3)C2)nc2ccccc21. The number of rotatable bonds is 5. The van der Waals surface area contributed by atoms with Gasteiger partial charge >= 0.3 is 0 Å². The normalized spacial score (nSPS) is 15.4. The van der Waals surface area contributed by atoms with Gasteiger partial charge in [-0.3, -0.25) is 9.69 Å². The Morgan fingerprint density at radius 1 is 1.28 bits per heavy atom. The summed E-state index contributed by atoms with van der Waals surface area (Å²) in [7, 11) is 2.04. The lowest BCUT2D eigenvalue weighted by molar-refractivity contribution is 0.130. The largest absolute Gasteiger partial charge is 0.365 e. The molecular formula is C21H27N7O. The number of imidazole rings is 1. The predicted octanol–water partition coefficient (Wildman–Crippen LogP) is 2.46. The highest BCUT2D eigenvalue weighted by Gasteiger charge is 2.32. The molecule has 0 aliphatic carbocycles. The third-order valence-corrected chi connectivity index (χ3v) is 5.20. The Morgan fingerprint density at radius 3 is 2.66 bits per heavy atom. The second-order valence-electron chi connectivity index (χ2n) is 8.70. The average Bonchev–Trinajstić information content (AvgIpc) is 2.92. The van der Waals surface area contributed by atoms with Crippen LogP contribution >= 0.6 is 0 Å². The zero-order valence-corrected chi connectivity index (χ0v) is 17.3.